The van der Waals surface area contributed by atoms with Gasteiger partial charge >= 0.3 is 12.1 Å². The van der Waals surface area contributed by atoms with E-state index in [0.29, 0.717) is 37.4 Å². The summed E-state index contributed by atoms with van der Waals surface area (Å²) in [6.45, 7) is 6.49. The molecule has 182 valence electrons. The first-order valence-electron chi connectivity index (χ1n) is 11.3. The van der Waals surface area contributed by atoms with Gasteiger partial charge in [0.15, 0.2) is 0 Å². The van der Waals surface area contributed by atoms with Crippen molar-refractivity contribution in [1.82, 2.24) is 5.32 Å². The van der Waals surface area contributed by atoms with Crippen molar-refractivity contribution >= 4 is 12.1 Å². The molecule has 33 heavy (non-hydrogen) atoms. The average Bonchev–Trinajstić information content (AvgIpc) is 2.76. The number of amides is 1. The van der Waals surface area contributed by atoms with Crippen LogP contribution in [0.15, 0.2) is 23.5 Å². The first-order valence-corrected chi connectivity index (χ1v) is 11.3. The van der Waals surface area contributed by atoms with Crippen molar-refractivity contribution in [1.29, 1.82) is 0 Å². The minimum absolute atomic E-state index is 0.213. The Kier molecular flexibility index (Phi) is 12.8. The SMILES string of the molecule is C#CCCCCOC1=CC(C(=O)OC)=CC(OCCCCC#C)C1CNC(=O)OC(C)(C)C. The Balaban J connectivity index is 2.98. The lowest BCUT2D eigenvalue weighted by molar-refractivity contribution is -0.136. The number of carbonyl (C=O) groups is 2. The van der Waals surface area contributed by atoms with Crippen LogP contribution in [0.1, 0.15) is 59.3 Å². The number of hydrogen-bond acceptors (Lipinski definition) is 6. The van der Waals surface area contributed by atoms with Gasteiger partial charge in [-0.2, -0.15) is 0 Å². The molecule has 7 nitrogen and oxygen atoms in total. The van der Waals surface area contributed by atoms with E-state index in [-0.39, 0.29) is 12.5 Å². The van der Waals surface area contributed by atoms with Gasteiger partial charge in [-0.1, -0.05) is 0 Å². The molecular weight excluding hydrogens is 422 g/mol. The summed E-state index contributed by atoms with van der Waals surface area (Å²) in [4.78, 5) is 24.5. The first kappa shape index (κ1) is 28.1. The van der Waals surface area contributed by atoms with E-state index in [1.54, 1.807) is 32.9 Å². The molecule has 0 aromatic carbocycles. The smallest absolute Gasteiger partial charge is 0.407 e. The predicted molar refractivity (Wildman–Crippen MR) is 127 cm³/mol. The maximum Gasteiger partial charge on any atom is 0.407 e. The quantitative estimate of drug-likeness (QED) is 0.253. The van der Waals surface area contributed by atoms with Crippen LogP contribution in [0.5, 0.6) is 0 Å². The molecule has 0 aliphatic heterocycles. The third-order valence-electron chi connectivity index (χ3n) is 4.70. The summed E-state index contributed by atoms with van der Waals surface area (Å²) in [5.74, 6) is 4.94. The Hall–Kier alpha value is -2.90. The minimum atomic E-state index is -0.617. The van der Waals surface area contributed by atoms with E-state index >= 15 is 0 Å². The highest BCUT2D eigenvalue weighted by atomic mass is 16.6. The van der Waals surface area contributed by atoms with Crippen LogP contribution in [0.4, 0.5) is 4.79 Å². The Bertz CT molecular complexity index is 778. The lowest BCUT2D eigenvalue weighted by Crippen LogP contribution is -2.41. The molecule has 1 N–H and O–H groups in total. The molecule has 1 aliphatic carbocycles. The van der Waals surface area contributed by atoms with E-state index < -0.39 is 23.8 Å². The van der Waals surface area contributed by atoms with E-state index in [1.165, 1.54) is 7.11 Å². The molecule has 0 heterocycles. The van der Waals surface area contributed by atoms with Gasteiger partial charge in [-0.05, 0) is 58.6 Å². The van der Waals surface area contributed by atoms with E-state index in [2.05, 4.69) is 17.2 Å². The number of unbranched alkanes of at least 4 members (excludes halogenated alkanes) is 4. The Morgan fingerprint density at radius 3 is 2.27 bits per heavy atom. The number of hydrogen-bond donors (Lipinski definition) is 1. The second kappa shape index (κ2) is 15.0. The third kappa shape index (κ3) is 11.5. The molecule has 0 saturated carbocycles. The summed E-state index contributed by atoms with van der Waals surface area (Å²) in [6.07, 6.45) is 17.5. The van der Waals surface area contributed by atoms with Gasteiger partial charge in [-0.25, -0.2) is 9.59 Å². The van der Waals surface area contributed by atoms with E-state index in [9.17, 15) is 9.59 Å². The first-order chi connectivity index (χ1) is 15.7. The van der Waals surface area contributed by atoms with Gasteiger partial charge in [0, 0.05) is 26.0 Å². The molecule has 1 aliphatic rings. The van der Waals surface area contributed by atoms with Gasteiger partial charge in [0.2, 0.25) is 0 Å². The molecule has 0 spiro atoms. The molecule has 0 bridgehead atoms. The third-order valence-corrected chi connectivity index (χ3v) is 4.70. The van der Waals surface area contributed by atoms with E-state index in [4.69, 9.17) is 31.8 Å². The lowest BCUT2D eigenvalue weighted by Gasteiger charge is -2.31. The summed E-state index contributed by atoms with van der Waals surface area (Å²) in [5, 5.41) is 2.79. The maximum absolute atomic E-state index is 12.2. The van der Waals surface area contributed by atoms with Crippen molar-refractivity contribution in [3.8, 4) is 24.7 Å². The van der Waals surface area contributed by atoms with Crippen LogP contribution in [0.3, 0.4) is 0 Å². The van der Waals surface area contributed by atoms with E-state index in [1.807, 2.05) is 0 Å². The van der Waals surface area contributed by atoms with Gasteiger partial charge in [0.1, 0.15) is 11.4 Å². The zero-order valence-corrected chi connectivity index (χ0v) is 20.3. The number of esters is 1. The van der Waals surface area contributed by atoms with Crippen molar-refractivity contribution in [2.45, 2.75) is 71.0 Å². The Labute approximate surface area is 198 Å². The number of rotatable bonds is 13. The van der Waals surface area contributed by atoms with Crippen LogP contribution >= 0.6 is 0 Å². The van der Waals surface area contributed by atoms with Crippen molar-refractivity contribution in [2.75, 3.05) is 26.9 Å². The number of alkyl carbamates (subject to hydrolysis) is 1. The molecule has 2 unspecified atom stereocenters. The maximum atomic E-state index is 12.2. The van der Waals surface area contributed by atoms with Crippen molar-refractivity contribution in [3.63, 3.8) is 0 Å². The molecule has 0 fully saturated rings. The van der Waals surface area contributed by atoms with Gasteiger partial charge in [0.25, 0.3) is 0 Å². The highest BCUT2D eigenvalue weighted by Gasteiger charge is 2.32. The predicted octanol–water partition coefficient (Wildman–Crippen LogP) is 4.13. The van der Waals surface area contributed by atoms with Crippen molar-refractivity contribution in [3.05, 3.63) is 23.5 Å². The highest BCUT2D eigenvalue weighted by molar-refractivity contribution is 5.92. The number of ether oxygens (including phenoxy) is 4. The van der Waals surface area contributed by atoms with Gasteiger partial charge < -0.3 is 24.3 Å². The summed E-state index contributed by atoms with van der Waals surface area (Å²) in [7, 11) is 1.32. The van der Waals surface area contributed by atoms with E-state index in [0.717, 1.165) is 25.7 Å². The van der Waals surface area contributed by atoms with Crippen LogP contribution in [0, 0.1) is 30.6 Å². The summed E-state index contributed by atoms with van der Waals surface area (Å²) < 4.78 is 22.3. The largest absolute Gasteiger partial charge is 0.497 e. The van der Waals surface area contributed by atoms with Crippen LogP contribution in [-0.2, 0) is 23.7 Å². The summed E-state index contributed by atoms with van der Waals surface area (Å²) >= 11 is 0. The molecule has 0 aromatic rings. The zero-order chi connectivity index (χ0) is 24.7. The van der Waals surface area contributed by atoms with Gasteiger partial charge in [0.05, 0.1) is 31.3 Å². The zero-order valence-electron chi connectivity index (χ0n) is 20.3. The van der Waals surface area contributed by atoms with Crippen LogP contribution in [0.25, 0.3) is 0 Å². The van der Waals surface area contributed by atoms with Crippen LogP contribution in [-0.4, -0.2) is 50.6 Å². The molecule has 0 saturated heterocycles. The van der Waals surface area contributed by atoms with Crippen LogP contribution < -0.4 is 5.32 Å². The minimum Gasteiger partial charge on any atom is -0.497 e. The molecule has 1 rings (SSSR count). The monoisotopic (exact) mass is 459 g/mol. The number of nitrogens with one attached hydrogen (secondary N) is 1. The standard InChI is InChI=1S/C26H37NO6/c1-7-9-11-13-15-31-22-17-20(24(28)30-6)18-23(32-16-14-12-10-8-2)21(22)19-27-25(29)33-26(3,4)5/h1-2,17-18,21-22H,9-16,19H2,3-6H3,(H,27,29). The molecule has 0 radical (unpaired) electrons. The van der Waals surface area contributed by atoms with Crippen LogP contribution in [0.2, 0.25) is 0 Å². The second-order valence-corrected chi connectivity index (χ2v) is 8.66. The Morgan fingerprint density at radius 1 is 1.06 bits per heavy atom. The molecule has 0 aromatic heterocycles. The summed E-state index contributed by atoms with van der Waals surface area (Å²) in [6, 6.07) is 0. The fourth-order valence-corrected chi connectivity index (χ4v) is 3.11. The average molecular weight is 460 g/mol. The van der Waals surface area contributed by atoms with Crippen molar-refractivity contribution < 1.29 is 28.5 Å². The second-order valence-electron chi connectivity index (χ2n) is 8.66. The lowest BCUT2D eigenvalue weighted by atomic mass is 9.91. The molecule has 1 amide bonds. The Morgan fingerprint density at radius 2 is 1.70 bits per heavy atom. The summed E-state index contributed by atoms with van der Waals surface area (Å²) in [5.41, 5.74) is -0.272. The fourth-order valence-electron chi connectivity index (χ4n) is 3.11. The number of carbonyl (C=O) groups excluding carboxylic acids is 2. The van der Waals surface area contributed by atoms with Gasteiger partial charge in [-0.15, -0.1) is 24.7 Å². The number of methoxy groups -OCH3 is 1. The number of terminal acetylenes is 2. The molecule has 7 heteroatoms. The van der Waals surface area contributed by atoms with Gasteiger partial charge in [-0.3, -0.25) is 0 Å². The normalized spacial score (nSPS) is 17.6. The molecular formula is C26H37NO6. The highest BCUT2D eigenvalue weighted by Crippen LogP contribution is 2.29. The molecule has 2 atom stereocenters. The topological polar surface area (TPSA) is 83.1 Å². The van der Waals surface area contributed by atoms with Crippen molar-refractivity contribution in [2.24, 2.45) is 5.92 Å². The fraction of sp³-hybridized carbons (Fsp3) is 0.615.